The van der Waals surface area contributed by atoms with Crippen molar-refractivity contribution in [2.45, 2.75) is 13.8 Å². The molecule has 2 heterocycles. The Bertz CT molecular complexity index is 1010. The highest BCUT2D eigenvalue weighted by molar-refractivity contribution is 5.99. The zero-order valence-corrected chi connectivity index (χ0v) is 16.1. The van der Waals surface area contributed by atoms with Crippen molar-refractivity contribution in [3.05, 3.63) is 59.8 Å². The number of hydrogen-bond donors (Lipinski definition) is 2. The molecular formula is C22H24N4O2. The number of nitrogens with one attached hydrogen (secondary N) is 1. The Kier molecular flexibility index (Phi) is 5.85. The van der Waals surface area contributed by atoms with E-state index in [9.17, 15) is 15.2 Å². The van der Waals surface area contributed by atoms with Gasteiger partial charge in [0.15, 0.2) is 0 Å². The number of hydrogen-bond acceptors (Lipinski definition) is 4. The van der Waals surface area contributed by atoms with Crippen LogP contribution < -0.4 is 9.80 Å². The molecule has 0 aliphatic carbocycles. The zero-order chi connectivity index (χ0) is 20.1. The van der Waals surface area contributed by atoms with Crippen molar-refractivity contribution in [3.8, 4) is 6.07 Å². The third kappa shape index (κ3) is 3.65. The Morgan fingerprint density at radius 3 is 2.32 bits per heavy atom. The molecule has 0 saturated carbocycles. The van der Waals surface area contributed by atoms with Crippen LogP contribution in [0.5, 0.6) is 0 Å². The molecule has 1 aromatic heterocycles. The topological polar surface area (TPSA) is 83.4 Å². The van der Waals surface area contributed by atoms with Crippen LogP contribution in [0.1, 0.15) is 29.8 Å². The van der Waals surface area contributed by atoms with Crippen LogP contribution in [-0.4, -0.2) is 42.2 Å². The summed E-state index contributed by atoms with van der Waals surface area (Å²) >= 11 is 0. The van der Waals surface area contributed by atoms with Gasteiger partial charge in [-0.05, 0) is 30.3 Å². The van der Waals surface area contributed by atoms with Crippen molar-refractivity contribution in [2.24, 2.45) is 0 Å². The van der Waals surface area contributed by atoms with E-state index in [1.807, 2.05) is 50.4 Å². The first-order valence-corrected chi connectivity index (χ1v) is 9.51. The van der Waals surface area contributed by atoms with Gasteiger partial charge in [-0.2, -0.15) is 5.26 Å². The van der Waals surface area contributed by atoms with Crippen molar-refractivity contribution in [1.82, 2.24) is 4.98 Å². The Morgan fingerprint density at radius 2 is 1.68 bits per heavy atom. The highest BCUT2D eigenvalue weighted by atomic mass is 16.4. The van der Waals surface area contributed by atoms with Crippen LogP contribution in [0.4, 0.5) is 11.4 Å². The van der Waals surface area contributed by atoms with E-state index in [1.165, 1.54) is 0 Å². The van der Waals surface area contributed by atoms with Gasteiger partial charge in [-0.3, -0.25) is 0 Å². The van der Waals surface area contributed by atoms with Gasteiger partial charge in [0.2, 0.25) is 0 Å². The molecule has 0 amide bonds. The van der Waals surface area contributed by atoms with Gasteiger partial charge < -0.3 is 19.9 Å². The van der Waals surface area contributed by atoms with Crippen molar-refractivity contribution < 1.29 is 9.90 Å². The molecule has 0 unspecified atom stereocenters. The van der Waals surface area contributed by atoms with Crippen LogP contribution in [-0.2, 0) is 0 Å². The predicted molar refractivity (Wildman–Crippen MR) is 112 cm³/mol. The average Bonchev–Trinajstić information content (AvgIpc) is 3.18. The fourth-order valence-electron chi connectivity index (χ4n) is 3.53. The summed E-state index contributed by atoms with van der Waals surface area (Å²) in [6.07, 6.45) is 1.94. The smallest absolute Gasteiger partial charge is 0.335 e. The molecule has 1 aliphatic heterocycles. The van der Waals surface area contributed by atoms with E-state index in [0.717, 1.165) is 48.5 Å². The molecule has 28 heavy (non-hydrogen) atoms. The number of anilines is 2. The molecule has 144 valence electrons. The molecule has 6 heteroatoms. The van der Waals surface area contributed by atoms with Crippen molar-refractivity contribution in [2.75, 3.05) is 36.0 Å². The second-order valence-electron chi connectivity index (χ2n) is 6.34. The lowest BCUT2D eigenvalue weighted by Crippen LogP contribution is -2.46. The molecule has 2 aromatic carbocycles. The van der Waals surface area contributed by atoms with E-state index in [4.69, 9.17) is 0 Å². The van der Waals surface area contributed by atoms with E-state index >= 15 is 0 Å². The van der Waals surface area contributed by atoms with Gasteiger partial charge in [0, 0.05) is 43.3 Å². The van der Waals surface area contributed by atoms with Gasteiger partial charge in [0.25, 0.3) is 0 Å². The van der Waals surface area contributed by atoms with Gasteiger partial charge in [0.05, 0.1) is 22.5 Å². The number of fused-ring (bicyclic) bond motifs is 1. The number of carboxylic acids is 1. The molecule has 3 aromatic rings. The molecule has 0 radical (unpaired) electrons. The minimum atomic E-state index is -0.919. The number of aromatic carboxylic acids is 1. The minimum Gasteiger partial charge on any atom is -0.478 e. The van der Waals surface area contributed by atoms with E-state index in [2.05, 4.69) is 20.9 Å². The van der Waals surface area contributed by atoms with Crippen molar-refractivity contribution >= 4 is 28.2 Å². The van der Waals surface area contributed by atoms with Crippen LogP contribution in [0.25, 0.3) is 10.9 Å². The van der Waals surface area contributed by atoms with Gasteiger partial charge in [0.1, 0.15) is 6.07 Å². The summed E-state index contributed by atoms with van der Waals surface area (Å²) in [5, 5.41) is 19.5. The maximum atomic E-state index is 11.3. The number of aromatic amines is 1. The standard InChI is InChI=1S/C20H18N4O2.C2H6/c21-12-15-3-1-2-4-18(15)23-7-9-24(10-8-23)19-13-22-17-6-5-14(20(25)26)11-16(17)19;1-2/h1-6,11,13,22H,7-10H2,(H,25,26);1-2H3. The number of aromatic nitrogens is 1. The Balaban J connectivity index is 0.00000109. The monoisotopic (exact) mass is 376 g/mol. The zero-order valence-electron chi connectivity index (χ0n) is 16.1. The summed E-state index contributed by atoms with van der Waals surface area (Å²) in [6.45, 7) is 7.24. The molecule has 1 saturated heterocycles. The summed E-state index contributed by atoms with van der Waals surface area (Å²) < 4.78 is 0. The van der Waals surface area contributed by atoms with Crippen LogP contribution in [0.2, 0.25) is 0 Å². The highest BCUT2D eigenvalue weighted by Gasteiger charge is 2.21. The largest absolute Gasteiger partial charge is 0.478 e. The molecule has 6 nitrogen and oxygen atoms in total. The van der Waals surface area contributed by atoms with Gasteiger partial charge in [-0.1, -0.05) is 26.0 Å². The lowest BCUT2D eigenvalue weighted by molar-refractivity contribution is 0.0697. The molecule has 4 rings (SSSR count). The number of H-pyrrole nitrogens is 1. The third-order valence-corrected chi connectivity index (χ3v) is 4.89. The number of para-hydroxylation sites is 1. The summed E-state index contributed by atoms with van der Waals surface area (Å²) in [7, 11) is 0. The summed E-state index contributed by atoms with van der Waals surface area (Å²) in [5.41, 5.74) is 3.92. The first-order valence-electron chi connectivity index (χ1n) is 9.51. The summed E-state index contributed by atoms with van der Waals surface area (Å²) in [4.78, 5) is 19.0. The van der Waals surface area contributed by atoms with E-state index < -0.39 is 5.97 Å². The first kappa shape index (κ1) is 19.3. The number of benzene rings is 2. The number of rotatable bonds is 3. The molecule has 2 N–H and O–H groups in total. The number of carboxylic acid groups (broad SMARTS) is 1. The number of carbonyl (C=O) groups is 1. The van der Waals surface area contributed by atoms with Crippen molar-refractivity contribution in [1.29, 1.82) is 5.26 Å². The fraction of sp³-hybridized carbons (Fsp3) is 0.273. The molecule has 0 spiro atoms. The SMILES string of the molecule is CC.N#Cc1ccccc1N1CCN(c2c[nH]c3ccc(C(=O)O)cc23)CC1. The number of nitrogens with zero attached hydrogens (tertiary/aromatic N) is 3. The minimum absolute atomic E-state index is 0.292. The number of piperazine rings is 1. The molecule has 1 fully saturated rings. The van der Waals surface area contributed by atoms with Gasteiger partial charge in [-0.25, -0.2) is 4.79 Å². The second kappa shape index (κ2) is 8.49. The highest BCUT2D eigenvalue weighted by Crippen LogP contribution is 2.30. The third-order valence-electron chi connectivity index (χ3n) is 4.89. The van der Waals surface area contributed by atoms with Crippen LogP contribution >= 0.6 is 0 Å². The molecule has 0 atom stereocenters. The summed E-state index contributed by atoms with van der Waals surface area (Å²) in [5.74, 6) is -0.919. The van der Waals surface area contributed by atoms with E-state index in [0.29, 0.717) is 11.1 Å². The second-order valence-corrected chi connectivity index (χ2v) is 6.34. The Labute approximate surface area is 164 Å². The number of nitriles is 1. The molecular weight excluding hydrogens is 352 g/mol. The van der Waals surface area contributed by atoms with E-state index in [-0.39, 0.29) is 0 Å². The van der Waals surface area contributed by atoms with Crippen LogP contribution in [0.3, 0.4) is 0 Å². The summed E-state index contributed by atoms with van der Waals surface area (Å²) in [6, 6.07) is 15.1. The lowest BCUT2D eigenvalue weighted by atomic mass is 10.1. The quantitative estimate of drug-likeness (QED) is 0.719. The maximum Gasteiger partial charge on any atom is 0.335 e. The lowest BCUT2D eigenvalue weighted by Gasteiger charge is -2.37. The normalized spacial score (nSPS) is 13.6. The fourth-order valence-corrected chi connectivity index (χ4v) is 3.53. The molecule has 0 bridgehead atoms. The Hall–Kier alpha value is -3.46. The predicted octanol–water partition coefficient (Wildman–Crippen LogP) is 4.09. The van der Waals surface area contributed by atoms with Crippen LogP contribution in [0.15, 0.2) is 48.7 Å². The Morgan fingerprint density at radius 1 is 1.04 bits per heavy atom. The van der Waals surface area contributed by atoms with Crippen molar-refractivity contribution in [3.63, 3.8) is 0 Å². The van der Waals surface area contributed by atoms with Gasteiger partial charge in [-0.15, -0.1) is 0 Å². The van der Waals surface area contributed by atoms with Gasteiger partial charge >= 0.3 is 5.97 Å². The average molecular weight is 376 g/mol. The maximum absolute atomic E-state index is 11.3. The van der Waals surface area contributed by atoms with Crippen LogP contribution in [0, 0.1) is 11.3 Å². The first-order chi connectivity index (χ1) is 13.7. The van der Waals surface area contributed by atoms with E-state index in [1.54, 1.807) is 12.1 Å². The molecule has 1 aliphatic rings.